The number of phenolic OH excluding ortho intramolecular Hbond substituents is 1. The van der Waals surface area contributed by atoms with Gasteiger partial charge in [0, 0.05) is 6.54 Å². The zero-order chi connectivity index (χ0) is 18.6. The Balaban J connectivity index is 2.12. The number of aromatic hydroxyl groups is 1. The van der Waals surface area contributed by atoms with E-state index in [9.17, 15) is 24.6 Å². The molecule has 3 N–H and O–H groups in total. The van der Waals surface area contributed by atoms with Crippen molar-refractivity contribution in [3.8, 4) is 5.75 Å². The molecular formula is C18H24N2O5. The van der Waals surface area contributed by atoms with Gasteiger partial charge in [0.15, 0.2) is 0 Å². The molecule has 2 atom stereocenters. The number of nitrogens with one attached hydrogen (secondary N) is 1. The number of nitrogens with zero attached hydrogens (tertiary/aromatic N) is 1. The third-order valence-electron chi connectivity index (χ3n) is 4.27. The summed E-state index contributed by atoms with van der Waals surface area (Å²) < 4.78 is 0. The average molecular weight is 348 g/mol. The van der Waals surface area contributed by atoms with Crippen LogP contribution in [0, 0.1) is 5.92 Å². The Bertz CT molecular complexity index is 659. The quantitative estimate of drug-likeness (QED) is 0.724. The number of benzene rings is 1. The van der Waals surface area contributed by atoms with Crippen molar-refractivity contribution in [3.63, 3.8) is 0 Å². The topological polar surface area (TPSA) is 107 Å². The molecule has 0 aliphatic carbocycles. The van der Waals surface area contributed by atoms with Crippen molar-refractivity contribution in [1.82, 2.24) is 10.2 Å². The minimum absolute atomic E-state index is 0.115. The fourth-order valence-electron chi connectivity index (χ4n) is 3.05. The molecule has 1 heterocycles. The van der Waals surface area contributed by atoms with Gasteiger partial charge >= 0.3 is 5.97 Å². The van der Waals surface area contributed by atoms with E-state index in [4.69, 9.17) is 0 Å². The first-order valence-corrected chi connectivity index (χ1v) is 8.43. The Morgan fingerprint density at radius 1 is 1.28 bits per heavy atom. The maximum Gasteiger partial charge on any atom is 0.326 e. The van der Waals surface area contributed by atoms with Gasteiger partial charge in [-0.25, -0.2) is 4.79 Å². The van der Waals surface area contributed by atoms with Crippen LogP contribution in [-0.2, 0) is 9.59 Å². The van der Waals surface area contributed by atoms with E-state index in [1.807, 2.05) is 13.8 Å². The van der Waals surface area contributed by atoms with Crippen LogP contribution in [0.5, 0.6) is 5.75 Å². The van der Waals surface area contributed by atoms with Gasteiger partial charge in [0.05, 0.1) is 5.56 Å². The Morgan fingerprint density at radius 3 is 2.56 bits per heavy atom. The van der Waals surface area contributed by atoms with E-state index in [0.717, 1.165) is 0 Å². The van der Waals surface area contributed by atoms with Gasteiger partial charge < -0.3 is 20.4 Å². The average Bonchev–Trinajstić information content (AvgIpc) is 3.03. The summed E-state index contributed by atoms with van der Waals surface area (Å²) in [6.07, 6.45) is 1.44. The van der Waals surface area contributed by atoms with Gasteiger partial charge in [-0.2, -0.15) is 0 Å². The van der Waals surface area contributed by atoms with Crippen LogP contribution in [0.25, 0.3) is 0 Å². The second-order valence-corrected chi connectivity index (χ2v) is 6.70. The molecule has 0 saturated carbocycles. The van der Waals surface area contributed by atoms with Crippen LogP contribution in [-0.4, -0.2) is 51.5 Å². The number of phenols is 1. The van der Waals surface area contributed by atoms with Crippen molar-refractivity contribution in [2.24, 2.45) is 5.92 Å². The summed E-state index contributed by atoms with van der Waals surface area (Å²) in [5.74, 6) is -2.00. The minimum Gasteiger partial charge on any atom is -0.507 e. The van der Waals surface area contributed by atoms with Gasteiger partial charge in [-0.05, 0) is 37.3 Å². The van der Waals surface area contributed by atoms with Crippen molar-refractivity contribution in [2.75, 3.05) is 6.54 Å². The molecule has 7 heteroatoms. The first-order valence-electron chi connectivity index (χ1n) is 8.43. The first-order chi connectivity index (χ1) is 11.8. The second kappa shape index (κ2) is 8.00. The lowest BCUT2D eigenvalue weighted by molar-refractivity contribution is -0.142. The monoisotopic (exact) mass is 348 g/mol. The van der Waals surface area contributed by atoms with Crippen molar-refractivity contribution in [2.45, 2.75) is 45.2 Å². The van der Waals surface area contributed by atoms with Crippen LogP contribution < -0.4 is 5.32 Å². The van der Waals surface area contributed by atoms with Crippen LogP contribution in [0.2, 0.25) is 0 Å². The summed E-state index contributed by atoms with van der Waals surface area (Å²) in [5, 5.41) is 21.7. The number of amides is 2. The highest BCUT2D eigenvalue weighted by molar-refractivity contribution is 6.00. The van der Waals surface area contributed by atoms with Crippen molar-refractivity contribution < 1.29 is 24.6 Å². The maximum atomic E-state index is 12.6. The largest absolute Gasteiger partial charge is 0.507 e. The maximum absolute atomic E-state index is 12.6. The SMILES string of the molecule is CC(C)C[C@@H](NC(=O)C1CCCN1C(=O)c1ccccc1O)C(=O)O. The molecular weight excluding hydrogens is 324 g/mol. The van der Waals surface area contributed by atoms with Crippen LogP contribution in [0.4, 0.5) is 0 Å². The molecule has 0 aromatic heterocycles. The van der Waals surface area contributed by atoms with Crippen LogP contribution in [0.3, 0.4) is 0 Å². The summed E-state index contributed by atoms with van der Waals surface area (Å²) in [7, 11) is 0. The first kappa shape index (κ1) is 18.8. The number of para-hydroxylation sites is 1. The molecule has 1 aliphatic heterocycles. The molecule has 0 radical (unpaired) electrons. The molecule has 1 aliphatic rings. The van der Waals surface area contributed by atoms with Gasteiger partial charge in [0.25, 0.3) is 5.91 Å². The summed E-state index contributed by atoms with van der Waals surface area (Å²) in [6.45, 7) is 4.16. The molecule has 2 amide bonds. The lowest BCUT2D eigenvalue weighted by Crippen LogP contribution is -2.51. The number of carbonyl (C=O) groups excluding carboxylic acids is 2. The number of carboxylic acids is 1. The summed E-state index contributed by atoms with van der Waals surface area (Å²) in [6, 6.07) is 4.48. The van der Waals surface area contributed by atoms with Gasteiger partial charge in [0.2, 0.25) is 5.91 Å². The van der Waals surface area contributed by atoms with E-state index in [-0.39, 0.29) is 17.2 Å². The second-order valence-electron chi connectivity index (χ2n) is 6.70. The molecule has 1 fully saturated rings. The number of rotatable bonds is 6. The Kier molecular flexibility index (Phi) is 6.01. The van der Waals surface area contributed by atoms with E-state index in [1.165, 1.54) is 17.0 Å². The number of hydrogen-bond donors (Lipinski definition) is 3. The van der Waals surface area contributed by atoms with E-state index in [1.54, 1.807) is 12.1 Å². The highest BCUT2D eigenvalue weighted by Gasteiger charge is 2.36. The normalized spacial score (nSPS) is 18.2. The molecule has 1 aromatic rings. The molecule has 25 heavy (non-hydrogen) atoms. The lowest BCUT2D eigenvalue weighted by Gasteiger charge is -2.26. The molecule has 0 bridgehead atoms. The smallest absolute Gasteiger partial charge is 0.326 e. The zero-order valence-electron chi connectivity index (χ0n) is 14.4. The highest BCUT2D eigenvalue weighted by atomic mass is 16.4. The van der Waals surface area contributed by atoms with E-state index >= 15 is 0 Å². The Hall–Kier alpha value is -2.57. The standard InChI is InChI=1S/C18H24N2O5/c1-11(2)10-13(18(24)25)19-16(22)14-7-5-9-20(14)17(23)12-6-3-4-8-15(12)21/h3-4,6,8,11,13-14,21H,5,7,9-10H2,1-2H3,(H,19,22)(H,24,25)/t13-,14?/m1/s1. The van der Waals surface area contributed by atoms with Crippen LogP contribution in [0.1, 0.15) is 43.5 Å². The molecule has 1 saturated heterocycles. The summed E-state index contributed by atoms with van der Waals surface area (Å²) in [5.41, 5.74) is 0.138. The molecule has 0 spiro atoms. The van der Waals surface area contributed by atoms with Gasteiger partial charge in [-0.3, -0.25) is 9.59 Å². The number of hydrogen-bond acceptors (Lipinski definition) is 4. The molecule has 136 valence electrons. The third kappa shape index (κ3) is 4.49. The van der Waals surface area contributed by atoms with Crippen molar-refractivity contribution in [1.29, 1.82) is 0 Å². The van der Waals surface area contributed by atoms with Crippen molar-refractivity contribution in [3.05, 3.63) is 29.8 Å². The van der Waals surface area contributed by atoms with Crippen molar-refractivity contribution >= 4 is 17.8 Å². The minimum atomic E-state index is -1.08. The number of carboxylic acid groups (broad SMARTS) is 1. The fraction of sp³-hybridized carbons (Fsp3) is 0.500. The van der Waals surface area contributed by atoms with E-state index in [2.05, 4.69) is 5.32 Å². The van der Waals surface area contributed by atoms with Crippen LogP contribution in [0.15, 0.2) is 24.3 Å². The number of aliphatic carboxylic acids is 1. The molecule has 2 rings (SSSR count). The third-order valence-corrected chi connectivity index (χ3v) is 4.27. The summed E-state index contributed by atoms with van der Waals surface area (Å²) in [4.78, 5) is 37.9. The lowest BCUT2D eigenvalue weighted by atomic mass is 10.0. The summed E-state index contributed by atoms with van der Waals surface area (Å²) >= 11 is 0. The number of likely N-dealkylation sites (tertiary alicyclic amines) is 1. The zero-order valence-corrected chi connectivity index (χ0v) is 14.4. The predicted molar refractivity (Wildman–Crippen MR) is 91.2 cm³/mol. The molecule has 7 nitrogen and oxygen atoms in total. The predicted octanol–water partition coefficient (Wildman–Crippen LogP) is 1.61. The van der Waals surface area contributed by atoms with Gasteiger partial charge in [-0.1, -0.05) is 26.0 Å². The fourth-order valence-corrected chi connectivity index (χ4v) is 3.05. The van der Waals surface area contributed by atoms with Gasteiger partial charge in [0.1, 0.15) is 17.8 Å². The number of carbonyl (C=O) groups is 3. The van der Waals surface area contributed by atoms with E-state index in [0.29, 0.717) is 25.8 Å². The Labute approximate surface area is 146 Å². The van der Waals surface area contributed by atoms with Crippen LogP contribution >= 0.6 is 0 Å². The highest BCUT2D eigenvalue weighted by Crippen LogP contribution is 2.24. The van der Waals surface area contributed by atoms with E-state index < -0.39 is 29.9 Å². The Morgan fingerprint density at radius 2 is 1.96 bits per heavy atom. The van der Waals surface area contributed by atoms with Gasteiger partial charge in [-0.15, -0.1) is 0 Å². The molecule has 1 aromatic carbocycles. The molecule has 1 unspecified atom stereocenters.